The molecule has 0 fully saturated rings. The highest BCUT2D eigenvalue weighted by Crippen LogP contribution is 2.04. The number of nitrogens with two attached hydrogens (primary N) is 1. The Labute approximate surface area is 101 Å². The van der Waals surface area contributed by atoms with E-state index in [4.69, 9.17) is 16.9 Å². The van der Waals surface area contributed by atoms with E-state index in [2.05, 4.69) is 11.0 Å². The van der Waals surface area contributed by atoms with Gasteiger partial charge in [-0.3, -0.25) is 4.79 Å². The van der Waals surface area contributed by atoms with Gasteiger partial charge in [-0.05, 0) is 19.4 Å². The summed E-state index contributed by atoms with van der Waals surface area (Å²) in [5, 5.41) is 4.01. The third kappa shape index (κ3) is 4.70. The first-order valence-electron chi connectivity index (χ1n) is 5.61. The molecule has 0 unspecified atom stereocenters. The van der Waals surface area contributed by atoms with E-state index in [1.165, 1.54) is 16.9 Å². The Morgan fingerprint density at radius 2 is 2.35 bits per heavy atom. The lowest BCUT2D eigenvalue weighted by molar-refractivity contribution is 0.309. The Bertz CT molecular complexity index is 434. The molecule has 0 saturated heterocycles. The first kappa shape index (κ1) is 13.3. The fourth-order valence-electron chi connectivity index (χ4n) is 1.27. The molecular weight excluding hydrogens is 218 g/mol. The molecule has 0 aliphatic heterocycles. The number of hydrogen-bond donors (Lipinski definition) is 1. The fraction of sp³-hybridized carbons (Fsp3) is 0.500. The number of nitrogens with zero attached hydrogens (tertiary/aromatic N) is 2. The molecule has 0 aliphatic rings. The van der Waals surface area contributed by atoms with Crippen LogP contribution in [0.2, 0.25) is 0 Å². The minimum Gasteiger partial charge on any atom is -0.492 e. The zero-order valence-electron chi connectivity index (χ0n) is 9.76. The molecule has 17 heavy (non-hydrogen) atoms. The Hall–Kier alpha value is -1.80. The van der Waals surface area contributed by atoms with Crippen molar-refractivity contribution in [1.82, 2.24) is 9.78 Å². The summed E-state index contributed by atoms with van der Waals surface area (Å²) in [4.78, 5) is 11.6. The largest absolute Gasteiger partial charge is 0.492 e. The minimum atomic E-state index is -0.174. The van der Waals surface area contributed by atoms with Gasteiger partial charge in [-0.25, -0.2) is 4.68 Å². The Balaban J connectivity index is 2.54. The normalized spacial score (nSPS) is 9.88. The zero-order chi connectivity index (χ0) is 12.5. The number of terminal acetylenes is 1. The summed E-state index contributed by atoms with van der Waals surface area (Å²) in [7, 11) is 0. The predicted octanol–water partition coefficient (Wildman–Crippen LogP) is 0.384. The van der Waals surface area contributed by atoms with Gasteiger partial charge in [0.25, 0.3) is 5.56 Å². The van der Waals surface area contributed by atoms with Crippen LogP contribution >= 0.6 is 0 Å². The van der Waals surface area contributed by atoms with Gasteiger partial charge in [-0.15, -0.1) is 12.3 Å². The SMILES string of the molecule is C#CCCCn1ncc(OCCCN)cc1=O. The monoisotopic (exact) mass is 235 g/mol. The smallest absolute Gasteiger partial charge is 0.270 e. The zero-order valence-corrected chi connectivity index (χ0v) is 9.76. The van der Waals surface area contributed by atoms with Crippen molar-refractivity contribution >= 4 is 0 Å². The summed E-state index contributed by atoms with van der Waals surface area (Å²) >= 11 is 0. The van der Waals surface area contributed by atoms with Crippen LogP contribution in [0.5, 0.6) is 5.75 Å². The molecule has 1 aromatic rings. The van der Waals surface area contributed by atoms with Gasteiger partial charge in [0.2, 0.25) is 0 Å². The molecule has 0 radical (unpaired) electrons. The van der Waals surface area contributed by atoms with E-state index in [-0.39, 0.29) is 5.56 Å². The number of ether oxygens (including phenoxy) is 1. The quantitative estimate of drug-likeness (QED) is 0.548. The highest BCUT2D eigenvalue weighted by molar-refractivity contribution is 5.13. The van der Waals surface area contributed by atoms with Crippen molar-refractivity contribution in [3.05, 3.63) is 22.6 Å². The Morgan fingerprint density at radius 3 is 3.00 bits per heavy atom. The molecule has 1 rings (SSSR count). The van der Waals surface area contributed by atoms with Crippen LogP contribution in [0.15, 0.2) is 17.1 Å². The average molecular weight is 235 g/mol. The van der Waals surface area contributed by atoms with E-state index in [0.29, 0.717) is 31.9 Å². The number of aromatic nitrogens is 2. The number of aryl methyl sites for hydroxylation is 1. The molecule has 0 amide bonds. The molecule has 2 N–H and O–H groups in total. The Morgan fingerprint density at radius 1 is 1.53 bits per heavy atom. The van der Waals surface area contributed by atoms with Gasteiger partial charge in [-0.2, -0.15) is 5.10 Å². The summed E-state index contributed by atoms with van der Waals surface area (Å²) in [6.07, 6.45) is 8.81. The predicted molar refractivity (Wildman–Crippen MR) is 65.7 cm³/mol. The van der Waals surface area contributed by atoms with Gasteiger partial charge < -0.3 is 10.5 Å². The standard InChI is InChI=1S/C12H17N3O2/c1-2-3-4-7-15-12(16)9-11(10-14-15)17-8-5-6-13/h1,9-10H,3-8,13H2. The van der Waals surface area contributed by atoms with Crippen molar-refractivity contribution in [3.8, 4) is 18.1 Å². The maximum atomic E-state index is 11.6. The number of rotatable bonds is 7. The summed E-state index contributed by atoms with van der Waals surface area (Å²) < 4.78 is 6.70. The van der Waals surface area contributed by atoms with E-state index < -0.39 is 0 Å². The van der Waals surface area contributed by atoms with Crippen molar-refractivity contribution in [2.45, 2.75) is 25.8 Å². The third-order valence-corrected chi connectivity index (χ3v) is 2.15. The van der Waals surface area contributed by atoms with Crippen LogP contribution in [0.4, 0.5) is 0 Å². The van der Waals surface area contributed by atoms with Crippen LogP contribution in [-0.2, 0) is 6.54 Å². The molecule has 0 aliphatic carbocycles. The molecule has 0 aromatic carbocycles. The lowest BCUT2D eigenvalue weighted by Crippen LogP contribution is -2.22. The molecule has 5 nitrogen and oxygen atoms in total. The van der Waals surface area contributed by atoms with Gasteiger partial charge in [-0.1, -0.05) is 0 Å². The van der Waals surface area contributed by atoms with Crippen LogP contribution in [0, 0.1) is 12.3 Å². The molecular formula is C12H17N3O2. The molecule has 92 valence electrons. The summed E-state index contributed by atoms with van der Waals surface area (Å²) in [6, 6.07) is 1.43. The third-order valence-electron chi connectivity index (χ3n) is 2.15. The van der Waals surface area contributed by atoms with E-state index >= 15 is 0 Å². The lowest BCUT2D eigenvalue weighted by Gasteiger charge is -2.06. The second-order valence-electron chi connectivity index (χ2n) is 3.55. The van der Waals surface area contributed by atoms with Crippen molar-refractivity contribution in [1.29, 1.82) is 0 Å². The van der Waals surface area contributed by atoms with Crippen LogP contribution in [-0.4, -0.2) is 22.9 Å². The van der Waals surface area contributed by atoms with Gasteiger partial charge in [0, 0.05) is 19.0 Å². The van der Waals surface area contributed by atoms with Gasteiger partial charge in [0.05, 0.1) is 12.8 Å². The lowest BCUT2D eigenvalue weighted by atomic mass is 10.3. The molecule has 1 aromatic heterocycles. The van der Waals surface area contributed by atoms with Crippen molar-refractivity contribution in [2.75, 3.05) is 13.2 Å². The molecule has 5 heteroatoms. The fourth-order valence-corrected chi connectivity index (χ4v) is 1.27. The average Bonchev–Trinajstić information content (AvgIpc) is 2.32. The molecule has 0 spiro atoms. The van der Waals surface area contributed by atoms with Gasteiger partial charge in [0.1, 0.15) is 5.75 Å². The number of unbranched alkanes of at least 4 members (excludes halogenated alkanes) is 1. The first-order valence-corrected chi connectivity index (χ1v) is 5.61. The van der Waals surface area contributed by atoms with E-state index in [9.17, 15) is 4.79 Å². The van der Waals surface area contributed by atoms with Crippen LogP contribution in [0.25, 0.3) is 0 Å². The van der Waals surface area contributed by atoms with Crippen LogP contribution < -0.4 is 16.0 Å². The van der Waals surface area contributed by atoms with Crippen molar-refractivity contribution in [2.24, 2.45) is 5.73 Å². The Kier molecular flexibility index (Phi) is 5.83. The van der Waals surface area contributed by atoms with Crippen molar-refractivity contribution < 1.29 is 4.74 Å². The summed E-state index contributed by atoms with van der Waals surface area (Å²) in [5.74, 6) is 3.01. The minimum absolute atomic E-state index is 0.174. The highest BCUT2D eigenvalue weighted by atomic mass is 16.5. The van der Waals surface area contributed by atoms with Crippen LogP contribution in [0.1, 0.15) is 19.3 Å². The van der Waals surface area contributed by atoms with Crippen LogP contribution in [0.3, 0.4) is 0 Å². The van der Waals surface area contributed by atoms with E-state index in [0.717, 1.165) is 12.8 Å². The van der Waals surface area contributed by atoms with Gasteiger partial charge in [0.15, 0.2) is 0 Å². The topological polar surface area (TPSA) is 70.1 Å². The maximum absolute atomic E-state index is 11.6. The summed E-state index contributed by atoms with van der Waals surface area (Å²) in [5.41, 5.74) is 5.16. The van der Waals surface area contributed by atoms with E-state index in [1.54, 1.807) is 0 Å². The maximum Gasteiger partial charge on any atom is 0.270 e. The molecule has 0 atom stereocenters. The number of hydrogen-bond acceptors (Lipinski definition) is 4. The second kappa shape index (κ2) is 7.47. The summed E-state index contributed by atoms with van der Waals surface area (Å²) in [6.45, 7) is 1.60. The highest BCUT2D eigenvalue weighted by Gasteiger charge is 2.00. The first-order chi connectivity index (χ1) is 8.27. The van der Waals surface area contributed by atoms with E-state index in [1.807, 2.05) is 0 Å². The second-order valence-corrected chi connectivity index (χ2v) is 3.55. The van der Waals surface area contributed by atoms with Gasteiger partial charge >= 0.3 is 0 Å². The molecule has 1 heterocycles. The van der Waals surface area contributed by atoms with Crippen molar-refractivity contribution in [3.63, 3.8) is 0 Å². The molecule has 0 saturated carbocycles. The molecule has 0 bridgehead atoms.